The number of pyridine rings is 1. The van der Waals surface area contributed by atoms with Gasteiger partial charge in [-0.2, -0.15) is 18.4 Å². The second kappa shape index (κ2) is 8.43. The van der Waals surface area contributed by atoms with Gasteiger partial charge in [0.25, 0.3) is 5.91 Å². The van der Waals surface area contributed by atoms with Gasteiger partial charge in [-0.05, 0) is 42.7 Å². The molecule has 2 aromatic rings. The highest BCUT2D eigenvalue weighted by atomic mass is 19.4. The van der Waals surface area contributed by atoms with Crippen molar-refractivity contribution in [2.24, 2.45) is 11.3 Å². The minimum Gasteiger partial charge on any atom is -0.384 e. The van der Waals surface area contributed by atoms with Crippen LogP contribution in [0.1, 0.15) is 27.9 Å². The number of rotatable bonds is 4. The molecule has 2 aliphatic rings. The van der Waals surface area contributed by atoms with Gasteiger partial charge in [-0.1, -0.05) is 0 Å². The number of carbonyl (C=O) groups is 1. The van der Waals surface area contributed by atoms with Gasteiger partial charge >= 0.3 is 6.18 Å². The van der Waals surface area contributed by atoms with Crippen LogP contribution in [-0.4, -0.2) is 55.7 Å². The predicted molar refractivity (Wildman–Crippen MR) is 111 cm³/mol. The van der Waals surface area contributed by atoms with Gasteiger partial charge in [0.15, 0.2) is 0 Å². The van der Waals surface area contributed by atoms with Gasteiger partial charge in [-0.15, -0.1) is 0 Å². The number of benzene rings is 1. The molecule has 0 N–H and O–H groups in total. The Hall–Kier alpha value is -3.12. The van der Waals surface area contributed by atoms with Crippen molar-refractivity contribution in [3.05, 3.63) is 59.4 Å². The van der Waals surface area contributed by atoms with Crippen LogP contribution in [0.25, 0.3) is 0 Å². The van der Waals surface area contributed by atoms with Crippen LogP contribution in [0.4, 0.5) is 18.9 Å². The summed E-state index contributed by atoms with van der Waals surface area (Å²) < 4.78 is 45.9. The topological polar surface area (TPSA) is 69.5 Å². The standard InChI is InChI=1S/C23H23F3N4O2/c1-32-15-22-13-29(21(31)17-3-2-7-28-11-17)8-6-18(22)12-30(14-22)19-5-4-16(10-27)20(9-19)23(24,25)26/h2-5,7,9,11,18H,6,8,12-15H2,1H3/t18-,22+/m1/s1. The molecule has 3 heterocycles. The molecule has 1 amide bonds. The zero-order valence-corrected chi connectivity index (χ0v) is 17.6. The van der Waals surface area contributed by atoms with Gasteiger partial charge < -0.3 is 14.5 Å². The third-order valence-electron chi connectivity index (χ3n) is 6.49. The maximum absolute atomic E-state index is 13.5. The second-order valence-corrected chi connectivity index (χ2v) is 8.47. The third kappa shape index (κ3) is 4.02. The molecule has 6 nitrogen and oxygen atoms in total. The summed E-state index contributed by atoms with van der Waals surface area (Å²) in [5, 5.41) is 9.07. The number of alkyl halides is 3. The van der Waals surface area contributed by atoms with E-state index in [0.29, 0.717) is 44.0 Å². The molecular weight excluding hydrogens is 421 g/mol. The van der Waals surface area contributed by atoms with Gasteiger partial charge in [0.2, 0.25) is 0 Å². The summed E-state index contributed by atoms with van der Waals surface area (Å²) in [5.74, 6) is 0.0635. The maximum Gasteiger partial charge on any atom is 0.417 e. The Kier molecular flexibility index (Phi) is 5.82. The number of halogens is 3. The summed E-state index contributed by atoms with van der Waals surface area (Å²) in [6, 6.07) is 8.89. The van der Waals surface area contributed by atoms with E-state index in [0.717, 1.165) is 12.5 Å². The van der Waals surface area contributed by atoms with Crippen LogP contribution in [-0.2, 0) is 10.9 Å². The van der Waals surface area contributed by atoms with Crippen molar-refractivity contribution in [1.82, 2.24) is 9.88 Å². The van der Waals surface area contributed by atoms with Gasteiger partial charge in [0.1, 0.15) is 0 Å². The number of amides is 1. The van der Waals surface area contributed by atoms with E-state index in [1.54, 1.807) is 42.5 Å². The molecule has 0 bridgehead atoms. The van der Waals surface area contributed by atoms with Crippen molar-refractivity contribution in [3.8, 4) is 6.07 Å². The average molecular weight is 444 g/mol. The molecule has 0 unspecified atom stereocenters. The number of hydrogen-bond donors (Lipinski definition) is 0. The van der Waals surface area contributed by atoms with Crippen LogP contribution in [0.5, 0.6) is 0 Å². The predicted octanol–water partition coefficient (Wildman–Crippen LogP) is 3.59. The smallest absolute Gasteiger partial charge is 0.384 e. The van der Waals surface area contributed by atoms with E-state index in [1.807, 2.05) is 4.90 Å². The average Bonchev–Trinajstić information content (AvgIpc) is 3.17. The van der Waals surface area contributed by atoms with E-state index in [1.165, 1.54) is 12.3 Å². The van der Waals surface area contributed by atoms with Crippen molar-refractivity contribution in [1.29, 1.82) is 5.26 Å². The molecule has 0 aliphatic carbocycles. The van der Waals surface area contributed by atoms with Crippen molar-refractivity contribution < 1.29 is 22.7 Å². The molecule has 2 saturated heterocycles. The fourth-order valence-corrected chi connectivity index (χ4v) is 4.98. The third-order valence-corrected chi connectivity index (χ3v) is 6.49. The number of hydrogen-bond acceptors (Lipinski definition) is 5. The summed E-state index contributed by atoms with van der Waals surface area (Å²) >= 11 is 0. The number of carbonyl (C=O) groups excluding carboxylic acids is 1. The lowest BCUT2D eigenvalue weighted by molar-refractivity contribution is -0.137. The van der Waals surface area contributed by atoms with E-state index in [9.17, 15) is 18.0 Å². The first-order valence-electron chi connectivity index (χ1n) is 10.3. The number of nitrogens with zero attached hydrogens (tertiary/aromatic N) is 4. The first kappa shape index (κ1) is 22.1. The summed E-state index contributed by atoms with van der Waals surface area (Å²) in [5.41, 5.74) is -0.780. The molecule has 32 heavy (non-hydrogen) atoms. The Balaban J connectivity index is 1.61. The molecule has 0 saturated carbocycles. The lowest BCUT2D eigenvalue weighted by Crippen LogP contribution is -2.53. The largest absolute Gasteiger partial charge is 0.417 e. The highest BCUT2D eigenvalue weighted by Gasteiger charge is 2.51. The van der Waals surface area contributed by atoms with Crippen LogP contribution in [0, 0.1) is 22.7 Å². The Morgan fingerprint density at radius 3 is 2.81 bits per heavy atom. The van der Waals surface area contributed by atoms with Crippen molar-refractivity contribution in [3.63, 3.8) is 0 Å². The molecule has 2 fully saturated rings. The summed E-state index contributed by atoms with van der Waals surface area (Å²) in [6.45, 7) is 2.46. The number of methoxy groups -OCH3 is 1. The zero-order valence-electron chi connectivity index (χ0n) is 17.6. The van der Waals surface area contributed by atoms with Crippen molar-refractivity contribution in [2.75, 3.05) is 44.8 Å². The van der Waals surface area contributed by atoms with E-state index in [-0.39, 0.29) is 11.8 Å². The Morgan fingerprint density at radius 1 is 1.34 bits per heavy atom. The lowest BCUT2D eigenvalue weighted by atomic mass is 9.74. The molecule has 9 heteroatoms. The minimum atomic E-state index is -4.61. The number of piperidine rings is 1. The van der Waals surface area contributed by atoms with E-state index in [4.69, 9.17) is 10.00 Å². The maximum atomic E-state index is 13.5. The van der Waals surface area contributed by atoms with Crippen LogP contribution in [0.15, 0.2) is 42.7 Å². The van der Waals surface area contributed by atoms with Crippen molar-refractivity contribution >= 4 is 11.6 Å². The number of aromatic nitrogens is 1. The minimum absolute atomic E-state index is 0.108. The van der Waals surface area contributed by atoms with Crippen molar-refractivity contribution in [2.45, 2.75) is 12.6 Å². The van der Waals surface area contributed by atoms with Crippen LogP contribution < -0.4 is 4.90 Å². The summed E-state index contributed by atoms with van der Waals surface area (Å²) in [6.07, 6.45) is -0.732. The van der Waals surface area contributed by atoms with Crippen LogP contribution in [0.2, 0.25) is 0 Å². The number of ether oxygens (including phenoxy) is 1. The number of fused-ring (bicyclic) bond motifs is 1. The second-order valence-electron chi connectivity index (χ2n) is 8.47. The number of likely N-dealkylation sites (tertiary alicyclic amines) is 1. The number of anilines is 1. The fraction of sp³-hybridized carbons (Fsp3) is 0.435. The Labute approximate surface area is 184 Å². The molecular formula is C23H23F3N4O2. The monoisotopic (exact) mass is 444 g/mol. The molecule has 2 aliphatic heterocycles. The first-order valence-corrected chi connectivity index (χ1v) is 10.3. The molecule has 0 spiro atoms. The van der Waals surface area contributed by atoms with E-state index < -0.39 is 22.7 Å². The molecule has 2 atom stereocenters. The fourth-order valence-electron chi connectivity index (χ4n) is 4.98. The van der Waals surface area contributed by atoms with Crippen LogP contribution >= 0.6 is 0 Å². The summed E-state index contributed by atoms with van der Waals surface area (Å²) in [7, 11) is 1.60. The Bertz CT molecular complexity index is 1040. The first-order chi connectivity index (χ1) is 15.3. The quantitative estimate of drug-likeness (QED) is 0.721. The van der Waals surface area contributed by atoms with Crippen LogP contribution in [0.3, 0.4) is 0 Å². The SMILES string of the molecule is COC[C@@]12CN(C(=O)c3cccnc3)CC[C@@H]1CN(c1ccc(C#N)c(C(F)(F)F)c1)C2. The molecule has 168 valence electrons. The van der Waals surface area contributed by atoms with Gasteiger partial charge in [0.05, 0.1) is 29.4 Å². The van der Waals surface area contributed by atoms with Gasteiger partial charge in [-0.25, -0.2) is 0 Å². The molecule has 1 aromatic carbocycles. The highest BCUT2D eigenvalue weighted by molar-refractivity contribution is 5.94. The molecule has 0 radical (unpaired) electrons. The Morgan fingerprint density at radius 2 is 2.16 bits per heavy atom. The molecule has 4 rings (SSSR count). The highest BCUT2D eigenvalue weighted by Crippen LogP contribution is 2.45. The normalized spacial score (nSPS) is 23.0. The number of nitriles is 1. The zero-order chi connectivity index (χ0) is 22.9. The summed E-state index contributed by atoms with van der Waals surface area (Å²) in [4.78, 5) is 20.7. The lowest BCUT2D eigenvalue weighted by Gasteiger charge is -2.43. The molecule has 1 aromatic heterocycles. The van der Waals surface area contributed by atoms with Gasteiger partial charge in [0, 0.05) is 56.8 Å². The van der Waals surface area contributed by atoms with E-state index >= 15 is 0 Å². The van der Waals surface area contributed by atoms with Gasteiger partial charge in [-0.3, -0.25) is 9.78 Å². The van der Waals surface area contributed by atoms with E-state index in [2.05, 4.69) is 4.98 Å².